The minimum absolute atomic E-state index is 0.327. The van der Waals surface area contributed by atoms with Crippen LogP contribution in [0.5, 0.6) is 0 Å². The molecular formula is C20H26O. The molecule has 1 nitrogen and oxygen atoms in total. The van der Waals surface area contributed by atoms with Crippen LogP contribution in [0.3, 0.4) is 0 Å². The third-order valence-corrected chi connectivity index (χ3v) is 4.32. The van der Waals surface area contributed by atoms with Gasteiger partial charge in [0.25, 0.3) is 0 Å². The normalized spacial score (nSPS) is 12.5. The van der Waals surface area contributed by atoms with Gasteiger partial charge in [-0.1, -0.05) is 35.9 Å². The quantitative estimate of drug-likeness (QED) is 0.882. The zero-order chi connectivity index (χ0) is 15.6. The number of aliphatic hydroxyl groups excluding tert-OH is 1. The molecule has 1 N–H and O–H groups in total. The van der Waals surface area contributed by atoms with E-state index in [2.05, 4.69) is 65.0 Å². The molecule has 0 spiro atoms. The average molecular weight is 282 g/mol. The zero-order valence-corrected chi connectivity index (χ0v) is 13.8. The van der Waals surface area contributed by atoms with Crippen LogP contribution in [0.1, 0.15) is 38.9 Å². The molecule has 1 atom stereocenters. The highest BCUT2D eigenvalue weighted by Gasteiger charge is 2.11. The Hall–Kier alpha value is -1.60. The number of hydrogen-bond donors (Lipinski definition) is 1. The number of hydrogen-bond acceptors (Lipinski definition) is 1. The summed E-state index contributed by atoms with van der Waals surface area (Å²) in [4.78, 5) is 0. The van der Waals surface area contributed by atoms with Gasteiger partial charge in [-0.25, -0.2) is 0 Å². The van der Waals surface area contributed by atoms with E-state index in [0.29, 0.717) is 6.42 Å². The molecule has 0 bridgehead atoms. The first-order valence-electron chi connectivity index (χ1n) is 7.67. The van der Waals surface area contributed by atoms with Gasteiger partial charge in [-0.2, -0.15) is 0 Å². The maximum Gasteiger partial charge on any atom is 0.0621 e. The lowest BCUT2D eigenvalue weighted by Crippen LogP contribution is -2.15. The van der Waals surface area contributed by atoms with E-state index in [4.69, 9.17) is 0 Å². The lowest BCUT2D eigenvalue weighted by atomic mass is 9.93. The Bertz CT molecular complexity index is 617. The molecule has 2 aromatic carbocycles. The highest BCUT2D eigenvalue weighted by Crippen LogP contribution is 2.20. The smallest absolute Gasteiger partial charge is 0.0621 e. The van der Waals surface area contributed by atoms with Crippen LogP contribution in [-0.2, 0) is 12.8 Å². The summed E-state index contributed by atoms with van der Waals surface area (Å²) in [6, 6.07) is 10.9. The molecule has 0 aliphatic heterocycles. The van der Waals surface area contributed by atoms with Gasteiger partial charge in [0.1, 0.15) is 0 Å². The van der Waals surface area contributed by atoms with Gasteiger partial charge in [0.2, 0.25) is 0 Å². The maximum atomic E-state index is 10.4. The van der Waals surface area contributed by atoms with Crippen molar-refractivity contribution in [3.8, 4) is 0 Å². The third-order valence-electron chi connectivity index (χ3n) is 4.32. The van der Waals surface area contributed by atoms with E-state index in [1.807, 2.05) is 0 Å². The molecule has 2 aromatic rings. The Morgan fingerprint density at radius 1 is 0.762 bits per heavy atom. The zero-order valence-electron chi connectivity index (χ0n) is 13.8. The van der Waals surface area contributed by atoms with Crippen LogP contribution in [0, 0.1) is 34.6 Å². The molecule has 0 saturated heterocycles. The van der Waals surface area contributed by atoms with Crippen molar-refractivity contribution in [1.29, 1.82) is 0 Å². The molecule has 1 unspecified atom stereocenters. The fraction of sp³-hybridized carbons (Fsp3) is 0.400. The van der Waals surface area contributed by atoms with Gasteiger partial charge < -0.3 is 5.11 Å². The summed E-state index contributed by atoms with van der Waals surface area (Å²) in [5, 5.41) is 10.4. The SMILES string of the molecule is Cc1cc(C)c(CC(O)Cc2ccc(C)c(C)c2)c(C)c1. The second-order valence-electron chi connectivity index (χ2n) is 6.36. The molecule has 0 amide bonds. The Morgan fingerprint density at radius 2 is 1.38 bits per heavy atom. The summed E-state index contributed by atoms with van der Waals surface area (Å²) < 4.78 is 0. The van der Waals surface area contributed by atoms with Gasteiger partial charge in [-0.05, 0) is 80.8 Å². The van der Waals surface area contributed by atoms with Gasteiger partial charge in [-0.15, -0.1) is 0 Å². The maximum absolute atomic E-state index is 10.4. The summed E-state index contributed by atoms with van der Waals surface area (Å²) in [6.45, 7) is 10.6. The lowest BCUT2D eigenvalue weighted by Gasteiger charge is -2.16. The highest BCUT2D eigenvalue weighted by molar-refractivity contribution is 5.38. The minimum Gasteiger partial charge on any atom is -0.392 e. The number of benzene rings is 2. The molecule has 21 heavy (non-hydrogen) atoms. The second-order valence-corrected chi connectivity index (χ2v) is 6.36. The molecule has 0 saturated carbocycles. The van der Waals surface area contributed by atoms with Crippen molar-refractivity contribution in [3.05, 3.63) is 69.3 Å². The Balaban J connectivity index is 2.11. The van der Waals surface area contributed by atoms with Crippen LogP contribution < -0.4 is 0 Å². The van der Waals surface area contributed by atoms with Crippen LogP contribution in [-0.4, -0.2) is 11.2 Å². The number of rotatable bonds is 4. The van der Waals surface area contributed by atoms with Crippen molar-refractivity contribution < 1.29 is 5.11 Å². The fourth-order valence-corrected chi connectivity index (χ4v) is 3.04. The molecule has 0 radical (unpaired) electrons. The van der Waals surface area contributed by atoms with Crippen molar-refractivity contribution in [2.75, 3.05) is 0 Å². The fourth-order valence-electron chi connectivity index (χ4n) is 3.04. The first kappa shape index (κ1) is 15.8. The van der Waals surface area contributed by atoms with E-state index in [-0.39, 0.29) is 6.10 Å². The number of aliphatic hydroxyl groups is 1. The summed E-state index contributed by atoms with van der Waals surface area (Å²) in [6.07, 6.45) is 1.12. The lowest BCUT2D eigenvalue weighted by molar-refractivity contribution is 0.175. The predicted molar refractivity (Wildman–Crippen MR) is 90.0 cm³/mol. The van der Waals surface area contributed by atoms with Crippen LogP contribution in [0.15, 0.2) is 30.3 Å². The largest absolute Gasteiger partial charge is 0.392 e. The molecule has 0 fully saturated rings. The van der Waals surface area contributed by atoms with E-state index >= 15 is 0 Å². The van der Waals surface area contributed by atoms with Crippen molar-refractivity contribution in [2.24, 2.45) is 0 Å². The van der Waals surface area contributed by atoms with Crippen LogP contribution in [0.4, 0.5) is 0 Å². The standard InChI is InChI=1S/C20H26O/c1-13-8-16(4)20(17(5)9-13)12-19(21)11-18-7-6-14(2)15(3)10-18/h6-10,19,21H,11-12H2,1-5H3. The highest BCUT2D eigenvalue weighted by atomic mass is 16.3. The third kappa shape index (κ3) is 3.95. The van der Waals surface area contributed by atoms with Crippen molar-refractivity contribution >= 4 is 0 Å². The summed E-state index contributed by atoms with van der Waals surface area (Å²) in [5.41, 5.74) is 8.96. The Labute approximate surface area is 128 Å². The van der Waals surface area contributed by atoms with Crippen LogP contribution in [0.2, 0.25) is 0 Å². The van der Waals surface area contributed by atoms with E-state index in [0.717, 1.165) is 6.42 Å². The summed E-state index contributed by atoms with van der Waals surface area (Å²) in [5.74, 6) is 0. The van der Waals surface area contributed by atoms with Crippen molar-refractivity contribution in [2.45, 2.75) is 53.6 Å². The summed E-state index contributed by atoms with van der Waals surface area (Å²) >= 11 is 0. The van der Waals surface area contributed by atoms with E-state index < -0.39 is 0 Å². The van der Waals surface area contributed by atoms with Crippen LogP contribution >= 0.6 is 0 Å². The van der Waals surface area contributed by atoms with Gasteiger partial charge >= 0.3 is 0 Å². The first-order chi connectivity index (χ1) is 9.86. The summed E-state index contributed by atoms with van der Waals surface area (Å²) in [7, 11) is 0. The predicted octanol–water partition coefficient (Wildman–Crippen LogP) is 4.37. The van der Waals surface area contributed by atoms with Crippen molar-refractivity contribution in [3.63, 3.8) is 0 Å². The van der Waals surface area contributed by atoms with E-state index in [1.54, 1.807) is 0 Å². The topological polar surface area (TPSA) is 20.2 Å². The molecule has 0 heterocycles. The molecule has 2 rings (SSSR count). The second kappa shape index (κ2) is 6.44. The molecule has 0 aromatic heterocycles. The van der Waals surface area contributed by atoms with Gasteiger partial charge in [-0.3, -0.25) is 0 Å². The van der Waals surface area contributed by atoms with Gasteiger partial charge in [0.15, 0.2) is 0 Å². The van der Waals surface area contributed by atoms with Crippen LogP contribution in [0.25, 0.3) is 0 Å². The molecule has 1 heteroatoms. The minimum atomic E-state index is -0.327. The van der Waals surface area contributed by atoms with Gasteiger partial charge in [0.05, 0.1) is 6.10 Å². The molecular weight excluding hydrogens is 256 g/mol. The molecule has 0 aliphatic rings. The average Bonchev–Trinajstić information content (AvgIpc) is 2.38. The Kier molecular flexibility index (Phi) is 4.84. The molecule has 112 valence electrons. The van der Waals surface area contributed by atoms with E-state index in [9.17, 15) is 5.11 Å². The van der Waals surface area contributed by atoms with Crippen molar-refractivity contribution in [1.82, 2.24) is 0 Å². The van der Waals surface area contributed by atoms with E-state index in [1.165, 1.54) is 38.9 Å². The Morgan fingerprint density at radius 3 is 1.95 bits per heavy atom. The monoisotopic (exact) mass is 282 g/mol. The molecule has 0 aliphatic carbocycles. The number of aryl methyl sites for hydroxylation is 5. The first-order valence-corrected chi connectivity index (χ1v) is 7.67. The van der Waals surface area contributed by atoms with Gasteiger partial charge in [0, 0.05) is 0 Å².